The second-order valence-electron chi connectivity index (χ2n) is 6.97. The molecule has 2 aromatic rings. The minimum absolute atomic E-state index is 0.0137. The second-order valence-corrected chi connectivity index (χ2v) is 9.82. The van der Waals surface area contributed by atoms with Crippen molar-refractivity contribution in [2.45, 2.75) is 30.3 Å². The van der Waals surface area contributed by atoms with Crippen LogP contribution in [0.4, 0.5) is 0 Å². The summed E-state index contributed by atoms with van der Waals surface area (Å²) in [6, 6.07) is 16.1. The lowest BCUT2D eigenvalue weighted by Gasteiger charge is -2.22. The Hall–Kier alpha value is -1.74. The third-order valence-corrected chi connectivity index (χ3v) is 7.20. The number of hydrogen-bond donors (Lipinski definition) is 1. The standard InChI is InChI=1S/C21H25BrN2O4S/c22-18-8-10-20(11-9-18)29(26,27)24(13-12-17-5-2-1-3-6-17)16-21(25)23-15-19-7-4-14-28-19/h1-3,5-6,8-11,19H,4,7,12-16H2,(H,23,25)/t19-/m1/s1. The number of halogens is 1. The summed E-state index contributed by atoms with van der Waals surface area (Å²) >= 11 is 3.32. The van der Waals surface area contributed by atoms with E-state index in [1.54, 1.807) is 24.3 Å². The summed E-state index contributed by atoms with van der Waals surface area (Å²) in [5, 5.41) is 2.81. The molecule has 29 heavy (non-hydrogen) atoms. The van der Waals surface area contributed by atoms with Gasteiger partial charge in [0.15, 0.2) is 0 Å². The van der Waals surface area contributed by atoms with Crippen LogP contribution in [0.25, 0.3) is 0 Å². The molecule has 0 aromatic heterocycles. The maximum Gasteiger partial charge on any atom is 0.243 e. The molecule has 0 aliphatic carbocycles. The highest BCUT2D eigenvalue weighted by molar-refractivity contribution is 9.10. The predicted molar refractivity (Wildman–Crippen MR) is 115 cm³/mol. The number of carbonyl (C=O) groups is 1. The Bertz CT molecular complexity index is 898. The maximum absolute atomic E-state index is 13.2. The third kappa shape index (κ3) is 6.37. The van der Waals surface area contributed by atoms with Gasteiger partial charge in [0.1, 0.15) is 0 Å². The number of rotatable bonds is 9. The van der Waals surface area contributed by atoms with E-state index in [1.165, 1.54) is 4.31 Å². The molecule has 0 spiro atoms. The number of nitrogens with one attached hydrogen (secondary N) is 1. The minimum Gasteiger partial charge on any atom is -0.376 e. The number of sulfonamides is 1. The molecule has 1 saturated heterocycles. The Morgan fingerprint density at radius 2 is 1.86 bits per heavy atom. The fourth-order valence-electron chi connectivity index (χ4n) is 3.19. The molecule has 3 rings (SSSR count). The van der Waals surface area contributed by atoms with E-state index >= 15 is 0 Å². The Morgan fingerprint density at radius 3 is 2.52 bits per heavy atom. The highest BCUT2D eigenvalue weighted by Gasteiger charge is 2.27. The average molecular weight is 481 g/mol. The Balaban J connectivity index is 1.71. The molecule has 1 atom stereocenters. The fourth-order valence-corrected chi connectivity index (χ4v) is 4.85. The van der Waals surface area contributed by atoms with Crippen LogP contribution in [0.3, 0.4) is 0 Å². The number of amides is 1. The molecule has 1 aliphatic rings. The van der Waals surface area contributed by atoms with Crippen LogP contribution in [-0.4, -0.2) is 51.0 Å². The van der Waals surface area contributed by atoms with E-state index in [2.05, 4.69) is 21.2 Å². The van der Waals surface area contributed by atoms with Crippen molar-refractivity contribution in [2.75, 3.05) is 26.2 Å². The molecule has 1 heterocycles. The molecular weight excluding hydrogens is 456 g/mol. The van der Waals surface area contributed by atoms with Crippen molar-refractivity contribution in [1.82, 2.24) is 9.62 Å². The Labute approximate surface area is 180 Å². The summed E-state index contributed by atoms with van der Waals surface area (Å²) in [5.41, 5.74) is 1.02. The minimum atomic E-state index is -3.80. The van der Waals surface area contributed by atoms with Crippen LogP contribution in [0.1, 0.15) is 18.4 Å². The predicted octanol–water partition coefficient (Wildman–Crippen LogP) is 2.98. The van der Waals surface area contributed by atoms with E-state index in [4.69, 9.17) is 4.74 Å². The number of benzene rings is 2. The van der Waals surface area contributed by atoms with Gasteiger partial charge in [-0.05, 0) is 49.1 Å². The first-order chi connectivity index (χ1) is 13.9. The Morgan fingerprint density at radius 1 is 1.14 bits per heavy atom. The average Bonchev–Trinajstić information content (AvgIpc) is 3.24. The van der Waals surface area contributed by atoms with Crippen LogP contribution in [0.15, 0.2) is 64.0 Å². The first kappa shape index (κ1) is 22.0. The smallest absolute Gasteiger partial charge is 0.243 e. The monoisotopic (exact) mass is 480 g/mol. The van der Waals surface area contributed by atoms with E-state index in [0.29, 0.717) is 19.6 Å². The topological polar surface area (TPSA) is 75.7 Å². The van der Waals surface area contributed by atoms with Crippen molar-refractivity contribution in [3.8, 4) is 0 Å². The lowest BCUT2D eigenvalue weighted by Crippen LogP contribution is -2.43. The van der Waals surface area contributed by atoms with Crippen LogP contribution < -0.4 is 5.32 Å². The summed E-state index contributed by atoms with van der Waals surface area (Å²) in [6.07, 6.45) is 2.44. The molecule has 6 nitrogen and oxygen atoms in total. The van der Waals surface area contributed by atoms with E-state index in [0.717, 1.165) is 22.9 Å². The van der Waals surface area contributed by atoms with Crippen molar-refractivity contribution in [3.05, 3.63) is 64.6 Å². The molecule has 1 N–H and O–H groups in total. The SMILES string of the molecule is O=C(CN(CCc1ccccc1)S(=O)(=O)c1ccc(Br)cc1)NC[C@H]1CCCO1. The maximum atomic E-state index is 13.2. The number of hydrogen-bond acceptors (Lipinski definition) is 4. The van der Waals surface area contributed by atoms with Crippen molar-refractivity contribution < 1.29 is 17.9 Å². The van der Waals surface area contributed by atoms with Gasteiger partial charge in [-0.15, -0.1) is 0 Å². The lowest BCUT2D eigenvalue weighted by molar-refractivity contribution is -0.121. The van der Waals surface area contributed by atoms with Crippen molar-refractivity contribution >= 4 is 31.9 Å². The van der Waals surface area contributed by atoms with Gasteiger partial charge in [0, 0.05) is 24.2 Å². The molecule has 1 fully saturated rings. The number of ether oxygens (including phenoxy) is 1. The van der Waals surface area contributed by atoms with Crippen molar-refractivity contribution in [2.24, 2.45) is 0 Å². The molecular formula is C21H25BrN2O4S. The molecule has 1 amide bonds. The van der Waals surface area contributed by atoms with Gasteiger partial charge in [0.2, 0.25) is 15.9 Å². The molecule has 0 saturated carbocycles. The summed E-state index contributed by atoms with van der Waals surface area (Å²) in [5.74, 6) is -0.325. The van der Waals surface area contributed by atoms with Gasteiger partial charge < -0.3 is 10.1 Å². The van der Waals surface area contributed by atoms with Gasteiger partial charge in [-0.2, -0.15) is 4.31 Å². The normalized spacial score (nSPS) is 16.8. The first-order valence-electron chi connectivity index (χ1n) is 9.63. The molecule has 156 valence electrons. The van der Waals surface area contributed by atoms with E-state index in [-0.39, 0.29) is 30.0 Å². The molecule has 0 bridgehead atoms. The summed E-state index contributed by atoms with van der Waals surface area (Å²) in [4.78, 5) is 12.6. The van der Waals surface area contributed by atoms with Gasteiger partial charge in [0.05, 0.1) is 17.5 Å². The van der Waals surface area contributed by atoms with Gasteiger partial charge in [-0.1, -0.05) is 46.3 Å². The summed E-state index contributed by atoms with van der Waals surface area (Å²) in [6.45, 7) is 1.11. The van der Waals surface area contributed by atoms with Crippen molar-refractivity contribution in [1.29, 1.82) is 0 Å². The van der Waals surface area contributed by atoms with Crippen LogP contribution in [0, 0.1) is 0 Å². The van der Waals surface area contributed by atoms with Crippen molar-refractivity contribution in [3.63, 3.8) is 0 Å². The fraction of sp³-hybridized carbons (Fsp3) is 0.381. The van der Waals surface area contributed by atoms with E-state index in [1.807, 2.05) is 30.3 Å². The zero-order valence-electron chi connectivity index (χ0n) is 16.1. The number of carbonyl (C=O) groups excluding carboxylic acids is 1. The van der Waals surface area contributed by atoms with Gasteiger partial charge in [-0.25, -0.2) is 8.42 Å². The highest BCUT2D eigenvalue weighted by Crippen LogP contribution is 2.19. The molecule has 0 radical (unpaired) electrons. The lowest BCUT2D eigenvalue weighted by atomic mass is 10.1. The molecule has 8 heteroatoms. The quantitative estimate of drug-likeness (QED) is 0.598. The zero-order valence-corrected chi connectivity index (χ0v) is 18.5. The van der Waals surface area contributed by atoms with E-state index < -0.39 is 10.0 Å². The van der Waals surface area contributed by atoms with E-state index in [9.17, 15) is 13.2 Å². The van der Waals surface area contributed by atoms with Crippen LogP contribution in [-0.2, 0) is 26.0 Å². The largest absolute Gasteiger partial charge is 0.376 e. The van der Waals surface area contributed by atoms with Gasteiger partial charge in [0.25, 0.3) is 0 Å². The zero-order chi connectivity index (χ0) is 20.7. The van der Waals surface area contributed by atoms with Gasteiger partial charge in [-0.3, -0.25) is 4.79 Å². The molecule has 0 unspecified atom stereocenters. The van der Waals surface area contributed by atoms with Gasteiger partial charge >= 0.3 is 0 Å². The number of nitrogens with zero attached hydrogens (tertiary/aromatic N) is 1. The molecule has 2 aromatic carbocycles. The van der Waals surface area contributed by atoms with Crippen LogP contribution in [0.5, 0.6) is 0 Å². The highest BCUT2D eigenvalue weighted by atomic mass is 79.9. The second kappa shape index (κ2) is 10.3. The summed E-state index contributed by atoms with van der Waals surface area (Å²) in [7, 11) is -3.80. The molecule has 1 aliphatic heterocycles. The van der Waals surface area contributed by atoms with Crippen LogP contribution >= 0.6 is 15.9 Å². The third-order valence-electron chi connectivity index (χ3n) is 4.81. The van der Waals surface area contributed by atoms with Crippen LogP contribution in [0.2, 0.25) is 0 Å². The summed E-state index contributed by atoms with van der Waals surface area (Å²) < 4.78 is 33.9. The first-order valence-corrected chi connectivity index (χ1v) is 11.9. The Kier molecular flexibility index (Phi) is 7.83.